The minimum Gasteiger partial charge on any atom is -0.490 e. The molecule has 2 rings (SSSR count). The van der Waals surface area contributed by atoms with E-state index in [9.17, 15) is 0 Å². The molecule has 0 amide bonds. The number of nitrogens with one attached hydrogen (secondary N) is 1. The van der Waals surface area contributed by atoms with Crippen molar-refractivity contribution in [1.29, 1.82) is 0 Å². The Morgan fingerprint density at radius 3 is 2.47 bits per heavy atom. The number of benzene rings is 1. The lowest BCUT2D eigenvalue weighted by atomic mass is 10.2. The minimum absolute atomic E-state index is 0.367. The molecule has 1 aliphatic carbocycles. The molecule has 3 nitrogen and oxygen atoms in total. The fraction of sp³-hybridized carbons (Fsp3) is 0.625. The van der Waals surface area contributed by atoms with E-state index in [1.807, 2.05) is 0 Å². The molecule has 19 heavy (non-hydrogen) atoms. The zero-order valence-corrected chi connectivity index (χ0v) is 12.0. The molecule has 1 saturated carbocycles. The number of methoxy groups -OCH3 is 1. The van der Waals surface area contributed by atoms with E-state index in [2.05, 4.69) is 36.5 Å². The molecule has 1 aromatic rings. The average Bonchev–Trinajstić information content (AvgIpc) is 2.93. The highest BCUT2D eigenvalue weighted by atomic mass is 16.5. The molecule has 1 aromatic carbocycles. The molecule has 1 fully saturated rings. The summed E-state index contributed by atoms with van der Waals surface area (Å²) in [7, 11) is 1.74. The summed E-state index contributed by atoms with van der Waals surface area (Å²) in [5.74, 6) is 0.984. The maximum Gasteiger partial charge on any atom is 0.119 e. The van der Waals surface area contributed by atoms with Crippen LogP contribution in [0, 0.1) is 0 Å². The van der Waals surface area contributed by atoms with Crippen LogP contribution in [0.5, 0.6) is 5.75 Å². The Kier molecular flexibility index (Phi) is 5.52. The van der Waals surface area contributed by atoms with Gasteiger partial charge < -0.3 is 14.8 Å². The summed E-state index contributed by atoms with van der Waals surface area (Å²) in [6.07, 6.45) is 6.49. The van der Waals surface area contributed by atoms with Crippen LogP contribution in [0.25, 0.3) is 0 Å². The average molecular weight is 263 g/mol. The summed E-state index contributed by atoms with van der Waals surface area (Å²) in [5.41, 5.74) is 1.13. The second-order valence-corrected chi connectivity index (χ2v) is 5.25. The van der Waals surface area contributed by atoms with Gasteiger partial charge in [0.05, 0.1) is 12.7 Å². The van der Waals surface area contributed by atoms with Gasteiger partial charge in [0.1, 0.15) is 5.75 Å². The summed E-state index contributed by atoms with van der Waals surface area (Å²) in [6.45, 7) is 2.89. The Balaban J connectivity index is 1.86. The van der Waals surface area contributed by atoms with Crippen molar-refractivity contribution in [2.75, 3.05) is 19.0 Å². The molecule has 1 N–H and O–H groups in total. The van der Waals surface area contributed by atoms with Gasteiger partial charge >= 0.3 is 0 Å². The Labute approximate surface area is 116 Å². The lowest BCUT2D eigenvalue weighted by Gasteiger charge is -2.18. The van der Waals surface area contributed by atoms with Gasteiger partial charge in [-0.2, -0.15) is 0 Å². The molecule has 0 spiro atoms. The second kappa shape index (κ2) is 7.39. The molecule has 0 bridgehead atoms. The number of hydrogen-bond donors (Lipinski definition) is 1. The predicted molar refractivity (Wildman–Crippen MR) is 78.9 cm³/mol. The highest BCUT2D eigenvalue weighted by Gasteiger charge is 2.16. The van der Waals surface area contributed by atoms with Gasteiger partial charge in [0.25, 0.3) is 0 Å². The summed E-state index contributed by atoms with van der Waals surface area (Å²) >= 11 is 0. The smallest absolute Gasteiger partial charge is 0.119 e. The maximum absolute atomic E-state index is 5.96. The standard InChI is InChI=1S/C16H25NO2/c1-3-13(12-18-2)17-14-8-10-16(11-9-14)19-15-6-4-5-7-15/h8-11,13,15,17H,3-7,12H2,1-2H3. The first-order chi connectivity index (χ1) is 9.31. The first-order valence-electron chi connectivity index (χ1n) is 7.34. The van der Waals surface area contributed by atoms with E-state index in [4.69, 9.17) is 9.47 Å². The van der Waals surface area contributed by atoms with E-state index in [-0.39, 0.29) is 0 Å². The first kappa shape index (κ1) is 14.2. The summed E-state index contributed by atoms with van der Waals surface area (Å²) in [5, 5.41) is 3.47. The number of anilines is 1. The second-order valence-electron chi connectivity index (χ2n) is 5.25. The minimum atomic E-state index is 0.367. The van der Waals surface area contributed by atoms with Crippen LogP contribution in [0.3, 0.4) is 0 Å². The van der Waals surface area contributed by atoms with Crippen LogP contribution in [0.4, 0.5) is 5.69 Å². The van der Waals surface area contributed by atoms with Crippen LogP contribution in [0.2, 0.25) is 0 Å². The van der Waals surface area contributed by atoms with Gasteiger partial charge in [-0.1, -0.05) is 6.92 Å². The van der Waals surface area contributed by atoms with Gasteiger partial charge in [-0.25, -0.2) is 0 Å². The van der Waals surface area contributed by atoms with Crippen molar-refractivity contribution in [2.24, 2.45) is 0 Å². The third-order valence-electron chi connectivity index (χ3n) is 3.69. The summed E-state index contributed by atoms with van der Waals surface area (Å²) in [4.78, 5) is 0. The largest absolute Gasteiger partial charge is 0.490 e. The van der Waals surface area contributed by atoms with Gasteiger partial charge in [0.2, 0.25) is 0 Å². The molecule has 1 aliphatic rings. The summed E-state index contributed by atoms with van der Waals surface area (Å²) < 4.78 is 11.1. The molecule has 0 radical (unpaired) electrons. The van der Waals surface area contributed by atoms with E-state index < -0.39 is 0 Å². The zero-order chi connectivity index (χ0) is 13.5. The SMILES string of the molecule is CCC(COC)Nc1ccc(OC2CCCC2)cc1. The van der Waals surface area contributed by atoms with Gasteiger partial charge in [-0.05, 0) is 56.4 Å². The lowest BCUT2D eigenvalue weighted by molar-refractivity contribution is 0.184. The first-order valence-corrected chi connectivity index (χ1v) is 7.34. The molecular formula is C16H25NO2. The highest BCUT2D eigenvalue weighted by Crippen LogP contribution is 2.25. The summed E-state index contributed by atoms with van der Waals surface area (Å²) in [6, 6.07) is 8.65. The molecule has 0 aromatic heterocycles. The van der Waals surface area contributed by atoms with E-state index in [1.54, 1.807) is 7.11 Å². The molecule has 3 heteroatoms. The van der Waals surface area contributed by atoms with Crippen molar-refractivity contribution in [2.45, 2.75) is 51.2 Å². The van der Waals surface area contributed by atoms with Gasteiger partial charge in [0, 0.05) is 18.8 Å². The molecule has 0 saturated heterocycles. The number of rotatable bonds is 7. The van der Waals surface area contributed by atoms with Gasteiger partial charge in [0.15, 0.2) is 0 Å². The van der Waals surface area contributed by atoms with E-state index in [0.29, 0.717) is 12.1 Å². The van der Waals surface area contributed by atoms with Crippen molar-refractivity contribution in [3.8, 4) is 5.75 Å². The third kappa shape index (κ3) is 4.43. The predicted octanol–water partition coefficient (Wildman–Crippen LogP) is 3.84. The molecule has 1 atom stereocenters. The van der Waals surface area contributed by atoms with Crippen LogP contribution >= 0.6 is 0 Å². The van der Waals surface area contributed by atoms with Crippen molar-refractivity contribution in [3.63, 3.8) is 0 Å². The van der Waals surface area contributed by atoms with Crippen LogP contribution in [0.1, 0.15) is 39.0 Å². The monoisotopic (exact) mass is 263 g/mol. The Hall–Kier alpha value is -1.22. The van der Waals surface area contributed by atoms with E-state index in [0.717, 1.165) is 24.5 Å². The van der Waals surface area contributed by atoms with E-state index >= 15 is 0 Å². The lowest BCUT2D eigenvalue weighted by Crippen LogP contribution is -2.23. The molecule has 106 valence electrons. The molecule has 1 unspecified atom stereocenters. The number of hydrogen-bond acceptors (Lipinski definition) is 3. The maximum atomic E-state index is 5.96. The Morgan fingerprint density at radius 1 is 1.21 bits per heavy atom. The van der Waals surface area contributed by atoms with Gasteiger partial charge in [-0.3, -0.25) is 0 Å². The van der Waals surface area contributed by atoms with Crippen molar-refractivity contribution >= 4 is 5.69 Å². The van der Waals surface area contributed by atoms with Crippen LogP contribution in [0.15, 0.2) is 24.3 Å². The third-order valence-corrected chi connectivity index (χ3v) is 3.69. The normalized spacial score (nSPS) is 17.4. The molecule has 0 aliphatic heterocycles. The van der Waals surface area contributed by atoms with Crippen molar-refractivity contribution in [3.05, 3.63) is 24.3 Å². The topological polar surface area (TPSA) is 30.5 Å². The quantitative estimate of drug-likeness (QED) is 0.810. The van der Waals surface area contributed by atoms with Crippen LogP contribution in [-0.4, -0.2) is 25.9 Å². The van der Waals surface area contributed by atoms with Crippen LogP contribution in [-0.2, 0) is 4.74 Å². The molecular weight excluding hydrogens is 238 g/mol. The fourth-order valence-electron chi connectivity index (χ4n) is 2.53. The zero-order valence-electron chi connectivity index (χ0n) is 12.0. The van der Waals surface area contributed by atoms with Crippen LogP contribution < -0.4 is 10.1 Å². The number of ether oxygens (including phenoxy) is 2. The Bertz CT molecular complexity index is 358. The van der Waals surface area contributed by atoms with Crippen molar-refractivity contribution < 1.29 is 9.47 Å². The Morgan fingerprint density at radius 2 is 1.89 bits per heavy atom. The van der Waals surface area contributed by atoms with Gasteiger partial charge in [-0.15, -0.1) is 0 Å². The molecule has 0 heterocycles. The van der Waals surface area contributed by atoms with Crippen molar-refractivity contribution in [1.82, 2.24) is 0 Å². The fourth-order valence-corrected chi connectivity index (χ4v) is 2.53. The van der Waals surface area contributed by atoms with E-state index in [1.165, 1.54) is 25.7 Å². The highest BCUT2D eigenvalue weighted by molar-refractivity contribution is 5.47.